The Morgan fingerprint density at radius 3 is 3.12 bits per heavy atom. The first kappa shape index (κ1) is 11.6. The van der Waals surface area contributed by atoms with E-state index >= 15 is 0 Å². The summed E-state index contributed by atoms with van der Waals surface area (Å²) in [5.41, 5.74) is 1.16. The van der Waals surface area contributed by atoms with E-state index in [9.17, 15) is 5.11 Å². The van der Waals surface area contributed by atoms with Crippen molar-refractivity contribution >= 4 is 0 Å². The molecule has 90 valence electrons. The van der Waals surface area contributed by atoms with Crippen LogP contribution in [0, 0.1) is 0 Å². The van der Waals surface area contributed by atoms with Crippen molar-refractivity contribution in [1.29, 1.82) is 0 Å². The maximum absolute atomic E-state index is 9.88. The summed E-state index contributed by atoms with van der Waals surface area (Å²) in [5, 5.41) is 14.0. The molecule has 0 radical (unpaired) electrons. The fraction of sp³-hybridized carbons (Fsp3) is 0.727. The molecular weight excluding hydrogens is 206 g/mol. The topological polar surface area (TPSA) is 50.5 Å². The monoisotopic (exact) mass is 225 g/mol. The highest BCUT2D eigenvalue weighted by Crippen LogP contribution is 2.15. The predicted molar refractivity (Wildman–Crippen MR) is 59.9 cm³/mol. The predicted octanol–water partition coefficient (Wildman–Crippen LogP) is 0.00170. The van der Waals surface area contributed by atoms with Crippen LogP contribution in [0.4, 0.5) is 0 Å². The van der Waals surface area contributed by atoms with E-state index in [0.29, 0.717) is 13.2 Å². The number of nitrogens with zero attached hydrogens (tertiary/aromatic N) is 3. The first-order valence-electron chi connectivity index (χ1n) is 5.60. The molecule has 2 atom stereocenters. The Morgan fingerprint density at radius 1 is 1.69 bits per heavy atom. The van der Waals surface area contributed by atoms with Gasteiger partial charge in [-0.25, -0.2) is 0 Å². The number of aliphatic hydroxyl groups is 1. The van der Waals surface area contributed by atoms with Crippen molar-refractivity contribution in [2.45, 2.75) is 25.1 Å². The Hall–Kier alpha value is -0.910. The molecule has 0 spiro atoms. The average molecular weight is 225 g/mol. The quantitative estimate of drug-likeness (QED) is 0.787. The van der Waals surface area contributed by atoms with Crippen LogP contribution >= 0.6 is 0 Å². The third kappa shape index (κ3) is 2.61. The maximum Gasteiger partial charge on any atom is 0.0739 e. The zero-order chi connectivity index (χ0) is 11.5. The lowest BCUT2D eigenvalue weighted by atomic mass is 10.1. The first-order valence-corrected chi connectivity index (χ1v) is 5.60. The summed E-state index contributed by atoms with van der Waals surface area (Å²) in [7, 11) is 3.91. The minimum absolute atomic E-state index is 0.0916. The number of ether oxygens (including phenoxy) is 1. The van der Waals surface area contributed by atoms with Crippen molar-refractivity contribution in [3.63, 3.8) is 0 Å². The van der Waals surface area contributed by atoms with Gasteiger partial charge in [0.15, 0.2) is 0 Å². The van der Waals surface area contributed by atoms with E-state index in [4.69, 9.17) is 4.74 Å². The number of aliphatic hydroxyl groups excluding tert-OH is 1. The van der Waals surface area contributed by atoms with E-state index in [0.717, 1.165) is 18.5 Å². The zero-order valence-electron chi connectivity index (χ0n) is 9.83. The standard InChI is InChI=1S/C11H19N3O2/c1-13(6-9-5-12-14(2)7-9)10-8-16-4-3-11(10)15/h5,7,10-11,15H,3-4,6,8H2,1-2H3. The van der Waals surface area contributed by atoms with E-state index < -0.39 is 0 Å². The molecule has 2 rings (SSSR count). The summed E-state index contributed by atoms with van der Waals surface area (Å²) < 4.78 is 7.18. The molecule has 0 aliphatic carbocycles. The molecule has 0 aromatic carbocycles. The summed E-state index contributed by atoms with van der Waals surface area (Å²) in [4.78, 5) is 2.13. The van der Waals surface area contributed by atoms with Gasteiger partial charge in [-0.1, -0.05) is 0 Å². The van der Waals surface area contributed by atoms with Crippen LogP contribution in [0.2, 0.25) is 0 Å². The number of rotatable bonds is 3. The molecule has 1 saturated heterocycles. The van der Waals surface area contributed by atoms with Crippen LogP contribution in [0.15, 0.2) is 12.4 Å². The lowest BCUT2D eigenvalue weighted by molar-refractivity contribution is -0.0563. The second-order valence-electron chi connectivity index (χ2n) is 4.44. The molecule has 1 aliphatic rings. The second-order valence-corrected chi connectivity index (χ2v) is 4.44. The molecule has 1 aliphatic heterocycles. The minimum atomic E-state index is -0.282. The number of aromatic nitrogens is 2. The number of aryl methyl sites for hydroxylation is 1. The Balaban J connectivity index is 1.93. The van der Waals surface area contributed by atoms with Crippen LogP contribution in [-0.4, -0.2) is 52.2 Å². The second kappa shape index (κ2) is 4.95. The van der Waals surface area contributed by atoms with Crippen molar-refractivity contribution in [3.05, 3.63) is 18.0 Å². The lowest BCUT2D eigenvalue weighted by Crippen LogP contribution is -2.47. The van der Waals surface area contributed by atoms with Crippen LogP contribution in [0.1, 0.15) is 12.0 Å². The first-order chi connectivity index (χ1) is 7.66. The molecule has 2 heterocycles. The molecule has 5 nitrogen and oxygen atoms in total. The third-order valence-electron chi connectivity index (χ3n) is 3.05. The van der Waals surface area contributed by atoms with Crippen LogP contribution in [0.3, 0.4) is 0 Å². The van der Waals surface area contributed by atoms with Crippen molar-refractivity contribution < 1.29 is 9.84 Å². The fourth-order valence-electron chi connectivity index (χ4n) is 2.09. The SMILES string of the molecule is CN(Cc1cnn(C)c1)C1COCCC1O. The van der Waals surface area contributed by atoms with Gasteiger partial charge in [-0.3, -0.25) is 9.58 Å². The van der Waals surface area contributed by atoms with Gasteiger partial charge in [-0.05, 0) is 13.5 Å². The van der Waals surface area contributed by atoms with Crippen LogP contribution < -0.4 is 0 Å². The molecule has 1 aromatic heterocycles. The summed E-state index contributed by atoms with van der Waals surface area (Å²) in [6, 6.07) is 0.0916. The summed E-state index contributed by atoms with van der Waals surface area (Å²) >= 11 is 0. The molecule has 0 bridgehead atoms. The number of hydrogen-bond donors (Lipinski definition) is 1. The van der Waals surface area contributed by atoms with E-state index in [1.54, 1.807) is 4.68 Å². The van der Waals surface area contributed by atoms with Crippen molar-refractivity contribution in [1.82, 2.24) is 14.7 Å². The summed E-state index contributed by atoms with van der Waals surface area (Å²) in [6.07, 6.45) is 4.29. The van der Waals surface area contributed by atoms with E-state index in [1.165, 1.54) is 0 Å². The lowest BCUT2D eigenvalue weighted by Gasteiger charge is -2.34. The van der Waals surface area contributed by atoms with Crippen LogP contribution in [-0.2, 0) is 18.3 Å². The van der Waals surface area contributed by atoms with Crippen molar-refractivity contribution in [2.75, 3.05) is 20.3 Å². The highest BCUT2D eigenvalue weighted by Gasteiger charge is 2.27. The van der Waals surface area contributed by atoms with Gasteiger partial charge in [0.05, 0.1) is 24.9 Å². The van der Waals surface area contributed by atoms with E-state index in [1.807, 2.05) is 26.5 Å². The maximum atomic E-state index is 9.88. The Labute approximate surface area is 95.6 Å². The summed E-state index contributed by atoms with van der Waals surface area (Å²) in [6.45, 7) is 2.06. The number of likely N-dealkylation sites (N-methyl/N-ethyl adjacent to an activating group) is 1. The van der Waals surface area contributed by atoms with E-state index in [-0.39, 0.29) is 12.1 Å². The highest BCUT2D eigenvalue weighted by molar-refractivity contribution is 5.03. The van der Waals surface area contributed by atoms with E-state index in [2.05, 4.69) is 10.00 Å². The molecular formula is C11H19N3O2. The smallest absolute Gasteiger partial charge is 0.0739 e. The largest absolute Gasteiger partial charge is 0.391 e. The van der Waals surface area contributed by atoms with Crippen molar-refractivity contribution in [2.24, 2.45) is 7.05 Å². The third-order valence-corrected chi connectivity index (χ3v) is 3.05. The molecule has 1 aromatic rings. The van der Waals surface area contributed by atoms with Crippen molar-refractivity contribution in [3.8, 4) is 0 Å². The van der Waals surface area contributed by atoms with Gasteiger partial charge in [-0.15, -0.1) is 0 Å². The molecule has 1 fully saturated rings. The molecule has 16 heavy (non-hydrogen) atoms. The Kier molecular flexibility index (Phi) is 3.58. The van der Waals surface area contributed by atoms with Gasteiger partial charge in [0.25, 0.3) is 0 Å². The Bertz CT molecular complexity index is 340. The van der Waals surface area contributed by atoms with Crippen LogP contribution in [0.25, 0.3) is 0 Å². The molecule has 0 amide bonds. The van der Waals surface area contributed by atoms with Gasteiger partial charge in [0.2, 0.25) is 0 Å². The Morgan fingerprint density at radius 2 is 2.50 bits per heavy atom. The molecule has 5 heteroatoms. The van der Waals surface area contributed by atoms with Gasteiger partial charge in [0, 0.05) is 32.0 Å². The fourth-order valence-corrected chi connectivity index (χ4v) is 2.09. The van der Waals surface area contributed by atoms with Crippen LogP contribution in [0.5, 0.6) is 0 Å². The molecule has 0 saturated carbocycles. The normalized spacial score (nSPS) is 26.2. The van der Waals surface area contributed by atoms with Gasteiger partial charge >= 0.3 is 0 Å². The highest BCUT2D eigenvalue weighted by atomic mass is 16.5. The molecule has 2 unspecified atom stereocenters. The zero-order valence-corrected chi connectivity index (χ0v) is 9.83. The van der Waals surface area contributed by atoms with Gasteiger partial charge < -0.3 is 9.84 Å². The average Bonchev–Trinajstić information content (AvgIpc) is 2.64. The van der Waals surface area contributed by atoms with Gasteiger partial charge in [-0.2, -0.15) is 5.10 Å². The number of hydrogen-bond acceptors (Lipinski definition) is 4. The minimum Gasteiger partial charge on any atom is -0.391 e. The summed E-state index contributed by atoms with van der Waals surface area (Å²) in [5.74, 6) is 0. The molecule has 1 N–H and O–H groups in total. The van der Waals surface area contributed by atoms with Gasteiger partial charge in [0.1, 0.15) is 0 Å².